The van der Waals surface area contributed by atoms with Crippen LogP contribution in [-0.2, 0) is 17.9 Å². The summed E-state index contributed by atoms with van der Waals surface area (Å²) in [5.74, 6) is 0. The van der Waals surface area contributed by atoms with E-state index in [1.807, 2.05) is 0 Å². The molecular weight excluding hydrogens is 268 g/mol. The predicted molar refractivity (Wildman–Crippen MR) is 80.8 cm³/mol. The van der Waals surface area contributed by atoms with Crippen molar-refractivity contribution < 1.29 is 9.90 Å². The third-order valence-corrected chi connectivity index (χ3v) is 4.02. The van der Waals surface area contributed by atoms with Crippen LogP contribution in [0, 0.1) is 6.92 Å². The van der Waals surface area contributed by atoms with Gasteiger partial charge in [0, 0.05) is 32.2 Å². The Morgan fingerprint density at radius 1 is 1.38 bits per heavy atom. The lowest BCUT2D eigenvalue weighted by Crippen LogP contribution is -2.38. The smallest absolute Gasteiger partial charge is 0.209 e. The van der Waals surface area contributed by atoms with Gasteiger partial charge in [-0.1, -0.05) is 0 Å². The van der Waals surface area contributed by atoms with Crippen LogP contribution in [-0.4, -0.2) is 62.9 Å². The van der Waals surface area contributed by atoms with Gasteiger partial charge < -0.3 is 10.0 Å². The lowest BCUT2D eigenvalue weighted by molar-refractivity contribution is -0.117. The zero-order valence-electron chi connectivity index (χ0n) is 13.2. The van der Waals surface area contributed by atoms with Crippen LogP contribution in [0.5, 0.6) is 0 Å². The Bertz CT molecular complexity index is 472. The van der Waals surface area contributed by atoms with Gasteiger partial charge in [-0.3, -0.25) is 14.4 Å². The number of carbonyl (C=O) groups excluding carboxylic acids is 1. The minimum atomic E-state index is -0.278. The molecule has 1 N–H and O–H groups in total. The van der Waals surface area contributed by atoms with Crippen LogP contribution >= 0.6 is 0 Å². The van der Waals surface area contributed by atoms with E-state index in [1.165, 1.54) is 5.69 Å². The molecule has 0 aliphatic carbocycles. The first-order valence-electron chi connectivity index (χ1n) is 7.64. The molecule has 1 unspecified atom stereocenters. The minimum absolute atomic E-state index is 0.278. The second-order valence-corrected chi connectivity index (χ2v) is 6.11. The van der Waals surface area contributed by atoms with Crippen molar-refractivity contribution in [2.24, 2.45) is 0 Å². The van der Waals surface area contributed by atoms with Gasteiger partial charge in [-0.2, -0.15) is 5.10 Å². The number of aromatic nitrogens is 2. The van der Waals surface area contributed by atoms with E-state index in [0.717, 1.165) is 38.2 Å². The first-order valence-corrected chi connectivity index (χ1v) is 7.64. The quantitative estimate of drug-likeness (QED) is 0.813. The van der Waals surface area contributed by atoms with E-state index in [2.05, 4.69) is 41.5 Å². The highest BCUT2D eigenvalue weighted by atomic mass is 16.3. The Balaban J connectivity index is 0.000000173. The van der Waals surface area contributed by atoms with Gasteiger partial charge >= 0.3 is 0 Å². The molecule has 0 bridgehead atoms. The minimum Gasteiger partial charge on any atom is -0.391 e. The van der Waals surface area contributed by atoms with Gasteiger partial charge in [0.15, 0.2) is 0 Å². The Kier molecular flexibility index (Phi) is 5.36. The van der Waals surface area contributed by atoms with Crippen molar-refractivity contribution in [1.82, 2.24) is 19.6 Å². The van der Waals surface area contributed by atoms with Crippen LogP contribution in [0.3, 0.4) is 0 Å². The number of hydrogen-bond donors (Lipinski definition) is 1. The summed E-state index contributed by atoms with van der Waals surface area (Å²) in [6, 6.07) is 2.83. The van der Waals surface area contributed by atoms with Crippen molar-refractivity contribution in [2.45, 2.75) is 52.4 Å². The Morgan fingerprint density at radius 3 is 2.67 bits per heavy atom. The average molecular weight is 294 g/mol. The second-order valence-electron chi connectivity index (χ2n) is 6.11. The number of carbonyl (C=O) groups is 1. The number of hydrogen-bond acceptors (Lipinski definition) is 4. The normalized spacial score (nSPS) is 22.0. The number of nitrogens with zero attached hydrogens (tertiary/aromatic N) is 4. The van der Waals surface area contributed by atoms with Crippen molar-refractivity contribution in [1.29, 1.82) is 0 Å². The first-order chi connectivity index (χ1) is 9.99. The summed E-state index contributed by atoms with van der Waals surface area (Å²) in [6.45, 7) is 11.0. The molecule has 1 amide bonds. The average Bonchev–Trinajstić information content (AvgIpc) is 3.02. The second kappa shape index (κ2) is 7.04. The number of β-amino-alcohol motifs (C(OH)–C–C–N with tert-alkyl or cyclic N) is 1. The molecule has 1 fully saturated rings. The van der Waals surface area contributed by atoms with Gasteiger partial charge in [-0.25, -0.2) is 0 Å². The summed E-state index contributed by atoms with van der Waals surface area (Å²) in [4.78, 5) is 14.0. The van der Waals surface area contributed by atoms with E-state index in [9.17, 15) is 4.79 Å². The van der Waals surface area contributed by atoms with Crippen LogP contribution in [0.25, 0.3) is 0 Å². The highest BCUT2D eigenvalue weighted by Crippen LogP contribution is 2.14. The maximum Gasteiger partial charge on any atom is 0.209 e. The van der Waals surface area contributed by atoms with Crippen LogP contribution in [0.2, 0.25) is 0 Å². The first kappa shape index (κ1) is 16.0. The molecule has 2 aliphatic rings. The number of aliphatic hydroxyl groups excluding tert-OH is 1. The van der Waals surface area contributed by atoms with Crippen LogP contribution < -0.4 is 0 Å². The zero-order chi connectivity index (χ0) is 15.4. The van der Waals surface area contributed by atoms with Gasteiger partial charge in [0.1, 0.15) is 0 Å². The number of amides is 1. The van der Waals surface area contributed by atoms with E-state index in [1.54, 1.807) is 4.90 Å². The molecule has 3 heterocycles. The Hall–Kier alpha value is -1.40. The molecule has 0 saturated carbocycles. The molecule has 1 atom stereocenters. The van der Waals surface area contributed by atoms with E-state index < -0.39 is 0 Å². The van der Waals surface area contributed by atoms with E-state index in [0.29, 0.717) is 19.1 Å². The van der Waals surface area contributed by atoms with E-state index >= 15 is 0 Å². The molecule has 21 heavy (non-hydrogen) atoms. The largest absolute Gasteiger partial charge is 0.391 e. The molecule has 1 saturated heterocycles. The molecule has 0 aromatic carbocycles. The highest BCUT2D eigenvalue weighted by Gasteiger charge is 2.19. The molecule has 6 heteroatoms. The molecule has 0 radical (unpaired) electrons. The fourth-order valence-electron chi connectivity index (χ4n) is 2.73. The van der Waals surface area contributed by atoms with Crippen molar-refractivity contribution >= 4 is 6.41 Å². The van der Waals surface area contributed by atoms with E-state index in [-0.39, 0.29) is 6.10 Å². The van der Waals surface area contributed by atoms with Gasteiger partial charge in [-0.05, 0) is 33.3 Å². The molecule has 3 rings (SSSR count). The van der Waals surface area contributed by atoms with Gasteiger partial charge in [0.2, 0.25) is 6.41 Å². The molecular formula is C15H26N4O2. The van der Waals surface area contributed by atoms with Crippen molar-refractivity contribution in [2.75, 3.05) is 19.6 Å². The standard InChI is InChI=1S/C10H17N3.C5H9NO2/c1-8(2)12-4-5-13-10(7-12)6-9(3)11-13;7-4-6-2-1-5(8)3-6/h6,8H,4-5,7H2,1-3H3;4-5,8H,1-3H2. The monoisotopic (exact) mass is 294 g/mol. The third-order valence-electron chi connectivity index (χ3n) is 4.02. The predicted octanol–water partition coefficient (Wildman–Crippen LogP) is 0.625. The molecule has 6 nitrogen and oxygen atoms in total. The van der Waals surface area contributed by atoms with Gasteiger partial charge in [0.05, 0.1) is 24.0 Å². The topological polar surface area (TPSA) is 61.6 Å². The maximum absolute atomic E-state index is 9.97. The van der Waals surface area contributed by atoms with Crippen molar-refractivity contribution in [3.05, 3.63) is 17.5 Å². The number of rotatable bonds is 2. The number of fused-ring (bicyclic) bond motifs is 1. The summed E-state index contributed by atoms with van der Waals surface area (Å²) < 4.78 is 2.13. The van der Waals surface area contributed by atoms with Crippen molar-refractivity contribution in [3.63, 3.8) is 0 Å². The fourth-order valence-corrected chi connectivity index (χ4v) is 2.73. The van der Waals surface area contributed by atoms with Crippen LogP contribution in [0.4, 0.5) is 0 Å². The molecule has 1 aromatic rings. The van der Waals surface area contributed by atoms with Gasteiger partial charge in [-0.15, -0.1) is 0 Å². The third kappa shape index (κ3) is 4.28. The van der Waals surface area contributed by atoms with E-state index in [4.69, 9.17) is 5.11 Å². The Morgan fingerprint density at radius 2 is 2.14 bits per heavy atom. The summed E-state index contributed by atoms with van der Waals surface area (Å²) in [7, 11) is 0. The lowest BCUT2D eigenvalue weighted by Gasteiger charge is -2.30. The molecule has 1 aromatic heterocycles. The summed E-state index contributed by atoms with van der Waals surface area (Å²) in [6.07, 6.45) is 1.23. The zero-order valence-corrected chi connectivity index (χ0v) is 13.2. The summed E-state index contributed by atoms with van der Waals surface area (Å²) in [5, 5.41) is 13.3. The van der Waals surface area contributed by atoms with Crippen LogP contribution in [0.15, 0.2) is 6.07 Å². The van der Waals surface area contributed by atoms with Crippen LogP contribution in [0.1, 0.15) is 31.7 Å². The summed E-state index contributed by atoms with van der Waals surface area (Å²) >= 11 is 0. The number of aryl methyl sites for hydroxylation is 1. The fraction of sp³-hybridized carbons (Fsp3) is 0.733. The SMILES string of the molecule is Cc1cc2n(n1)CCN(C(C)C)C2.O=CN1CCC(O)C1. The summed E-state index contributed by atoms with van der Waals surface area (Å²) in [5.41, 5.74) is 2.50. The number of likely N-dealkylation sites (tertiary alicyclic amines) is 1. The molecule has 118 valence electrons. The highest BCUT2D eigenvalue weighted by molar-refractivity contribution is 5.47. The molecule has 2 aliphatic heterocycles. The Labute approximate surface area is 126 Å². The number of aliphatic hydroxyl groups is 1. The lowest BCUT2D eigenvalue weighted by atomic mass is 10.2. The molecule has 0 spiro atoms. The maximum atomic E-state index is 9.97. The van der Waals surface area contributed by atoms with Crippen molar-refractivity contribution in [3.8, 4) is 0 Å². The van der Waals surface area contributed by atoms with Gasteiger partial charge in [0.25, 0.3) is 0 Å².